The van der Waals surface area contributed by atoms with Crippen LogP contribution in [-0.4, -0.2) is 27.7 Å². The highest BCUT2D eigenvalue weighted by Gasteiger charge is 2.31. The molecule has 0 atom stereocenters. The number of sulfonamides is 1. The summed E-state index contributed by atoms with van der Waals surface area (Å²) in [6.45, 7) is 0. The van der Waals surface area contributed by atoms with Gasteiger partial charge in [0.25, 0.3) is 15.9 Å². The Morgan fingerprint density at radius 2 is 1.67 bits per heavy atom. The van der Waals surface area contributed by atoms with Gasteiger partial charge in [-0.1, -0.05) is 18.2 Å². The molecule has 6 nitrogen and oxygen atoms in total. The summed E-state index contributed by atoms with van der Waals surface area (Å²) in [7, 11) is -2.54. The van der Waals surface area contributed by atoms with E-state index < -0.39 is 28.0 Å². The van der Waals surface area contributed by atoms with Crippen molar-refractivity contribution in [3.63, 3.8) is 0 Å². The molecule has 1 heterocycles. The second-order valence-corrected chi connectivity index (χ2v) is 8.83. The number of alkyl halides is 3. The van der Waals surface area contributed by atoms with E-state index in [2.05, 4.69) is 10.1 Å². The van der Waals surface area contributed by atoms with Gasteiger partial charge >= 0.3 is 6.36 Å². The smallest absolute Gasteiger partial charge is 0.406 e. The number of benzene rings is 2. The van der Waals surface area contributed by atoms with E-state index in [4.69, 9.17) is 0 Å². The van der Waals surface area contributed by atoms with Crippen LogP contribution in [-0.2, 0) is 10.0 Å². The number of thiophene rings is 1. The van der Waals surface area contributed by atoms with Crippen LogP contribution in [0.1, 0.15) is 9.67 Å². The van der Waals surface area contributed by atoms with E-state index in [0.29, 0.717) is 0 Å². The first-order chi connectivity index (χ1) is 14.1. The van der Waals surface area contributed by atoms with Gasteiger partial charge < -0.3 is 10.1 Å². The highest BCUT2D eigenvalue weighted by Crippen LogP contribution is 2.31. The quantitative estimate of drug-likeness (QED) is 0.582. The van der Waals surface area contributed by atoms with Crippen molar-refractivity contribution in [1.82, 2.24) is 0 Å². The van der Waals surface area contributed by atoms with Crippen molar-refractivity contribution in [1.29, 1.82) is 0 Å². The standard InChI is InChI=1S/C19H15F3N2O4S2/c1-24(30(26,27)15-5-3-2-4-6-15)16-11-12-29-17(16)18(25)23-13-7-9-14(10-8-13)28-19(20,21)22/h2-12H,1H3,(H,23,25). The fraction of sp³-hybridized carbons (Fsp3) is 0.105. The number of hydrogen-bond donors (Lipinski definition) is 1. The van der Waals surface area contributed by atoms with Crippen molar-refractivity contribution in [2.45, 2.75) is 11.3 Å². The Morgan fingerprint density at radius 1 is 1.03 bits per heavy atom. The summed E-state index contributed by atoms with van der Waals surface area (Å²) >= 11 is 1.04. The van der Waals surface area contributed by atoms with Gasteiger partial charge in [0.1, 0.15) is 10.6 Å². The number of ether oxygens (including phenoxy) is 1. The predicted octanol–water partition coefficient (Wildman–Crippen LogP) is 4.72. The number of amides is 1. The molecule has 3 rings (SSSR count). The largest absolute Gasteiger partial charge is 0.573 e. The Bertz CT molecular complexity index is 1130. The molecule has 2 aromatic carbocycles. The van der Waals surface area contributed by atoms with Gasteiger partial charge in [-0.3, -0.25) is 9.10 Å². The number of nitrogens with one attached hydrogen (secondary N) is 1. The first kappa shape index (κ1) is 21.7. The average Bonchev–Trinajstić information content (AvgIpc) is 3.18. The molecule has 0 saturated heterocycles. The van der Waals surface area contributed by atoms with Gasteiger partial charge in [-0.25, -0.2) is 8.42 Å². The van der Waals surface area contributed by atoms with Gasteiger partial charge in [0.2, 0.25) is 0 Å². The second kappa shape index (κ2) is 8.36. The van der Waals surface area contributed by atoms with Gasteiger partial charge in [-0.05, 0) is 47.8 Å². The fourth-order valence-corrected chi connectivity index (χ4v) is 4.63. The van der Waals surface area contributed by atoms with E-state index in [-0.39, 0.29) is 21.1 Å². The molecule has 11 heteroatoms. The van der Waals surface area contributed by atoms with Crippen molar-refractivity contribution < 1.29 is 31.1 Å². The lowest BCUT2D eigenvalue weighted by atomic mass is 10.3. The van der Waals surface area contributed by atoms with Crippen LogP contribution in [0.3, 0.4) is 0 Å². The number of carbonyl (C=O) groups excluding carboxylic acids is 1. The Labute approximate surface area is 174 Å². The normalized spacial score (nSPS) is 11.7. The number of rotatable bonds is 6. The minimum absolute atomic E-state index is 0.0744. The van der Waals surface area contributed by atoms with E-state index in [1.54, 1.807) is 23.6 Å². The Kier molecular flexibility index (Phi) is 6.04. The molecule has 30 heavy (non-hydrogen) atoms. The molecule has 0 fully saturated rings. The van der Waals surface area contributed by atoms with Crippen LogP contribution in [0.25, 0.3) is 0 Å². The third kappa shape index (κ3) is 4.92. The van der Waals surface area contributed by atoms with Crippen molar-refractivity contribution >= 4 is 38.6 Å². The number of carbonyl (C=O) groups is 1. The first-order valence-electron chi connectivity index (χ1n) is 8.36. The zero-order valence-electron chi connectivity index (χ0n) is 15.4. The summed E-state index contributed by atoms with van der Waals surface area (Å²) in [6, 6.07) is 13.9. The predicted molar refractivity (Wildman–Crippen MR) is 107 cm³/mol. The molecule has 0 aliphatic rings. The van der Waals surface area contributed by atoms with Crippen LogP contribution >= 0.6 is 11.3 Å². The molecule has 0 bridgehead atoms. The van der Waals surface area contributed by atoms with Crippen molar-refractivity contribution in [3.8, 4) is 5.75 Å². The van der Waals surface area contributed by atoms with Crippen LogP contribution in [0.2, 0.25) is 0 Å². The summed E-state index contributed by atoms with van der Waals surface area (Å²) < 4.78 is 67.1. The maximum Gasteiger partial charge on any atom is 0.573 e. The third-order valence-electron chi connectivity index (χ3n) is 3.94. The van der Waals surface area contributed by atoms with Crippen LogP contribution in [0.4, 0.5) is 24.5 Å². The summed E-state index contributed by atoms with van der Waals surface area (Å²) in [4.78, 5) is 12.9. The SMILES string of the molecule is CN(c1ccsc1C(=O)Nc1ccc(OC(F)(F)F)cc1)S(=O)(=O)c1ccccc1. The minimum atomic E-state index is -4.81. The number of halogens is 3. The van der Waals surface area contributed by atoms with Crippen molar-refractivity contribution in [3.05, 3.63) is 70.9 Å². The van der Waals surface area contributed by atoms with Gasteiger partial charge in [-0.15, -0.1) is 24.5 Å². The molecule has 0 aliphatic heterocycles. The molecule has 3 aromatic rings. The van der Waals surface area contributed by atoms with Crippen LogP contribution < -0.4 is 14.4 Å². The highest BCUT2D eigenvalue weighted by atomic mass is 32.2. The summed E-state index contributed by atoms with van der Waals surface area (Å²) in [5.74, 6) is -1.02. The van der Waals surface area contributed by atoms with Gasteiger partial charge in [0, 0.05) is 12.7 Å². The lowest BCUT2D eigenvalue weighted by Gasteiger charge is -2.19. The van der Waals surface area contributed by atoms with Gasteiger partial charge in [0.15, 0.2) is 0 Å². The molecule has 158 valence electrons. The molecule has 0 unspecified atom stereocenters. The molecule has 0 aliphatic carbocycles. The molecular weight excluding hydrogens is 441 g/mol. The molecule has 1 aromatic heterocycles. The van der Waals surface area contributed by atoms with Crippen LogP contribution in [0.15, 0.2) is 70.9 Å². The Morgan fingerprint density at radius 3 is 2.27 bits per heavy atom. The lowest BCUT2D eigenvalue weighted by Crippen LogP contribution is -2.28. The van der Waals surface area contributed by atoms with Crippen molar-refractivity contribution in [2.24, 2.45) is 0 Å². The molecule has 1 amide bonds. The Hall–Kier alpha value is -3.05. The number of hydrogen-bond acceptors (Lipinski definition) is 5. The molecule has 1 N–H and O–H groups in total. The summed E-state index contributed by atoms with van der Waals surface area (Å²) in [5, 5.41) is 4.11. The van der Waals surface area contributed by atoms with E-state index in [0.717, 1.165) is 27.8 Å². The topological polar surface area (TPSA) is 75.7 Å². The monoisotopic (exact) mass is 456 g/mol. The van der Waals surface area contributed by atoms with Crippen LogP contribution in [0, 0.1) is 0 Å². The third-order valence-corrected chi connectivity index (χ3v) is 6.63. The molecule has 0 spiro atoms. The summed E-state index contributed by atoms with van der Waals surface area (Å²) in [5.41, 5.74) is 0.404. The number of anilines is 2. The number of nitrogens with zero attached hydrogens (tertiary/aromatic N) is 1. The second-order valence-electron chi connectivity index (χ2n) is 5.95. The first-order valence-corrected chi connectivity index (χ1v) is 10.7. The Balaban J connectivity index is 1.78. The van der Waals surface area contributed by atoms with E-state index in [1.807, 2.05) is 0 Å². The lowest BCUT2D eigenvalue weighted by molar-refractivity contribution is -0.274. The molecular formula is C19H15F3N2O4S2. The van der Waals surface area contributed by atoms with E-state index >= 15 is 0 Å². The van der Waals surface area contributed by atoms with E-state index in [1.165, 1.54) is 37.4 Å². The summed E-state index contributed by atoms with van der Waals surface area (Å²) in [6.07, 6.45) is -4.81. The van der Waals surface area contributed by atoms with E-state index in [9.17, 15) is 26.4 Å². The van der Waals surface area contributed by atoms with Crippen LogP contribution in [0.5, 0.6) is 5.75 Å². The molecule has 0 saturated carbocycles. The van der Waals surface area contributed by atoms with Gasteiger partial charge in [-0.2, -0.15) is 0 Å². The average molecular weight is 456 g/mol. The maximum atomic E-state index is 12.8. The molecule has 0 radical (unpaired) electrons. The minimum Gasteiger partial charge on any atom is -0.406 e. The van der Waals surface area contributed by atoms with Crippen molar-refractivity contribution in [2.75, 3.05) is 16.7 Å². The maximum absolute atomic E-state index is 12.8. The van der Waals surface area contributed by atoms with Gasteiger partial charge in [0.05, 0.1) is 10.6 Å². The fourth-order valence-electron chi connectivity index (χ4n) is 2.53. The zero-order chi connectivity index (χ0) is 21.9. The zero-order valence-corrected chi connectivity index (χ0v) is 17.0. The highest BCUT2D eigenvalue weighted by molar-refractivity contribution is 7.92.